The van der Waals surface area contributed by atoms with Gasteiger partial charge < -0.3 is 5.11 Å². The predicted molar refractivity (Wildman–Crippen MR) is 44.9 cm³/mol. The van der Waals surface area contributed by atoms with Crippen LogP contribution in [0.25, 0.3) is 0 Å². The number of unbranched alkanes of at least 4 members (excludes halogenated alkanes) is 1. The van der Waals surface area contributed by atoms with Gasteiger partial charge in [0.15, 0.2) is 0 Å². The van der Waals surface area contributed by atoms with Crippen LogP contribution in [0.4, 0.5) is 0 Å². The van der Waals surface area contributed by atoms with Crippen molar-refractivity contribution in [2.45, 2.75) is 32.6 Å². The summed E-state index contributed by atoms with van der Waals surface area (Å²) in [5.41, 5.74) is 0. The van der Waals surface area contributed by atoms with Gasteiger partial charge in [-0.05, 0) is 18.8 Å². The zero-order valence-corrected chi connectivity index (χ0v) is 6.84. The molecule has 0 rings (SSSR count). The van der Waals surface area contributed by atoms with Gasteiger partial charge >= 0.3 is 0 Å². The first-order valence-electron chi connectivity index (χ1n) is 4.06. The minimum atomic E-state index is 0.312. The Morgan fingerprint density at radius 1 is 1.60 bits per heavy atom. The zero-order chi connectivity index (χ0) is 7.82. The summed E-state index contributed by atoms with van der Waals surface area (Å²) in [7, 11) is 0. The Morgan fingerprint density at radius 3 is 2.70 bits per heavy atom. The molecule has 0 aliphatic rings. The van der Waals surface area contributed by atoms with Crippen LogP contribution in [0, 0.1) is 5.92 Å². The third-order valence-corrected chi connectivity index (χ3v) is 1.72. The molecule has 0 aromatic rings. The molecule has 0 aliphatic heterocycles. The molecule has 0 amide bonds. The quantitative estimate of drug-likeness (QED) is 0.564. The van der Waals surface area contributed by atoms with E-state index in [1.54, 1.807) is 0 Å². The van der Waals surface area contributed by atoms with E-state index in [1.165, 1.54) is 12.8 Å². The molecular weight excluding hydrogens is 124 g/mol. The van der Waals surface area contributed by atoms with Crippen LogP contribution < -0.4 is 0 Å². The molecule has 0 saturated heterocycles. The number of aliphatic hydroxyl groups is 1. The maximum absolute atomic E-state index is 8.84. The second-order valence-electron chi connectivity index (χ2n) is 2.72. The van der Waals surface area contributed by atoms with E-state index in [-0.39, 0.29) is 0 Å². The second kappa shape index (κ2) is 6.81. The van der Waals surface area contributed by atoms with E-state index >= 15 is 0 Å². The highest BCUT2D eigenvalue weighted by Gasteiger charge is 2.02. The van der Waals surface area contributed by atoms with Crippen molar-refractivity contribution in [1.82, 2.24) is 0 Å². The number of rotatable bonds is 6. The molecule has 60 valence electrons. The van der Waals surface area contributed by atoms with Gasteiger partial charge in [0, 0.05) is 6.61 Å². The molecule has 0 heterocycles. The van der Waals surface area contributed by atoms with E-state index in [9.17, 15) is 0 Å². The van der Waals surface area contributed by atoms with Crippen molar-refractivity contribution < 1.29 is 5.11 Å². The van der Waals surface area contributed by atoms with Gasteiger partial charge in [0.05, 0.1) is 0 Å². The molecule has 1 atom stereocenters. The van der Waals surface area contributed by atoms with Crippen molar-refractivity contribution in [1.29, 1.82) is 0 Å². The third kappa shape index (κ3) is 4.57. The standard InChI is InChI=1S/C9H18O/c1-3-5-7-9(8-10)6-4-2/h4,9-10H,2-3,5-8H2,1H3. The topological polar surface area (TPSA) is 20.2 Å². The summed E-state index contributed by atoms with van der Waals surface area (Å²) in [6, 6.07) is 0. The second-order valence-corrected chi connectivity index (χ2v) is 2.72. The van der Waals surface area contributed by atoms with Crippen molar-refractivity contribution in [3.8, 4) is 0 Å². The fourth-order valence-corrected chi connectivity index (χ4v) is 1.01. The fraction of sp³-hybridized carbons (Fsp3) is 0.778. The van der Waals surface area contributed by atoms with E-state index in [0.717, 1.165) is 12.8 Å². The first-order chi connectivity index (χ1) is 4.85. The summed E-state index contributed by atoms with van der Waals surface area (Å²) in [5, 5.41) is 8.84. The number of aliphatic hydroxyl groups excluding tert-OH is 1. The molecule has 1 unspecified atom stereocenters. The highest BCUT2D eigenvalue weighted by Crippen LogP contribution is 2.11. The van der Waals surface area contributed by atoms with Gasteiger partial charge in [-0.25, -0.2) is 0 Å². The van der Waals surface area contributed by atoms with Crippen LogP contribution in [0.2, 0.25) is 0 Å². The van der Waals surface area contributed by atoms with Crippen LogP contribution in [0.1, 0.15) is 32.6 Å². The predicted octanol–water partition coefficient (Wildman–Crippen LogP) is 2.36. The molecule has 0 saturated carbocycles. The largest absolute Gasteiger partial charge is 0.396 e. The normalized spacial score (nSPS) is 13.0. The SMILES string of the molecule is C=CCC(CO)CCCC. The van der Waals surface area contributed by atoms with E-state index in [2.05, 4.69) is 13.5 Å². The molecule has 0 aliphatic carbocycles. The van der Waals surface area contributed by atoms with Crippen LogP contribution >= 0.6 is 0 Å². The molecule has 1 nitrogen and oxygen atoms in total. The van der Waals surface area contributed by atoms with Crippen molar-refractivity contribution in [3.05, 3.63) is 12.7 Å². The molecule has 1 N–H and O–H groups in total. The lowest BCUT2D eigenvalue weighted by molar-refractivity contribution is 0.217. The van der Waals surface area contributed by atoms with Crippen molar-refractivity contribution in [2.24, 2.45) is 5.92 Å². The lowest BCUT2D eigenvalue weighted by atomic mass is 10.00. The zero-order valence-electron chi connectivity index (χ0n) is 6.84. The molecule has 0 radical (unpaired) electrons. The maximum Gasteiger partial charge on any atom is 0.0462 e. The van der Waals surface area contributed by atoms with Crippen molar-refractivity contribution in [2.75, 3.05) is 6.61 Å². The number of hydrogen-bond donors (Lipinski definition) is 1. The fourth-order valence-electron chi connectivity index (χ4n) is 1.01. The van der Waals surface area contributed by atoms with Crippen LogP contribution in [-0.2, 0) is 0 Å². The van der Waals surface area contributed by atoms with Crippen LogP contribution in [0.15, 0.2) is 12.7 Å². The summed E-state index contributed by atoms with van der Waals surface area (Å²) in [6.45, 7) is 6.13. The van der Waals surface area contributed by atoms with E-state index < -0.39 is 0 Å². The molecule has 0 aromatic heterocycles. The minimum absolute atomic E-state index is 0.312. The lowest BCUT2D eigenvalue weighted by Crippen LogP contribution is -2.03. The Kier molecular flexibility index (Phi) is 6.61. The molecule has 10 heavy (non-hydrogen) atoms. The van der Waals surface area contributed by atoms with Gasteiger partial charge in [0.25, 0.3) is 0 Å². The number of hydrogen-bond acceptors (Lipinski definition) is 1. The van der Waals surface area contributed by atoms with E-state index in [1.807, 2.05) is 6.08 Å². The Balaban J connectivity index is 3.29. The van der Waals surface area contributed by atoms with Crippen molar-refractivity contribution in [3.63, 3.8) is 0 Å². The molecule has 1 heteroatoms. The smallest absolute Gasteiger partial charge is 0.0462 e. The average molecular weight is 142 g/mol. The monoisotopic (exact) mass is 142 g/mol. The maximum atomic E-state index is 8.84. The van der Waals surface area contributed by atoms with Gasteiger partial charge in [-0.15, -0.1) is 6.58 Å². The summed E-state index contributed by atoms with van der Waals surface area (Å²) < 4.78 is 0. The van der Waals surface area contributed by atoms with E-state index in [0.29, 0.717) is 12.5 Å². The highest BCUT2D eigenvalue weighted by molar-refractivity contribution is 4.72. The van der Waals surface area contributed by atoms with Gasteiger partial charge in [-0.1, -0.05) is 25.8 Å². The summed E-state index contributed by atoms with van der Waals surface area (Å²) >= 11 is 0. The summed E-state index contributed by atoms with van der Waals surface area (Å²) in [6.07, 6.45) is 6.42. The van der Waals surface area contributed by atoms with Crippen LogP contribution in [0.5, 0.6) is 0 Å². The molecule has 0 bridgehead atoms. The highest BCUT2D eigenvalue weighted by atomic mass is 16.3. The van der Waals surface area contributed by atoms with Gasteiger partial charge in [0.1, 0.15) is 0 Å². The first kappa shape index (κ1) is 9.70. The third-order valence-electron chi connectivity index (χ3n) is 1.72. The molecule has 0 spiro atoms. The lowest BCUT2D eigenvalue weighted by Gasteiger charge is -2.09. The van der Waals surface area contributed by atoms with Crippen LogP contribution in [-0.4, -0.2) is 11.7 Å². The Hall–Kier alpha value is -0.300. The van der Waals surface area contributed by atoms with Gasteiger partial charge in [-0.3, -0.25) is 0 Å². The summed E-state index contributed by atoms with van der Waals surface area (Å²) in [5.74, 6) is 0.456. The Bertz CT molecular complexity index is 78.8. The molecular formula is C9H18O. The van der Waals surface area contributed by atoms with Crippen molar-refractivity contribution >= 4 is 0 Å². The number of allylic oxidation sites excluding steroid dienone is 1. The van der Waals surface area contributed by atoms with Gasteiger partial charge in [0.2, 0.25) is 0 Å². The first-order valence-corrected chi connectivity index (χ1v) is 4.06. The Labute approximate surface area is 63.8 Å². The minimum Gasteiger partial charge on any atom is -0.396 e. The molecule has 0 fully saturated rings. The summed E-state index contributed by atoms with van der Waals surface area (Å²) in [4.78, 5) is 0. The Morgan fingerprint density at radius 2 is 2.30 bits per heavy atom. The van der Waals surface area contributed by atoms with E-state index in [4.69, 9.17) is 5.11 Å². The molecule has 0 aromatic carbocycles. The van der Waals surface area contributed by atoms with Crippen LogP contribution in [0.3, 0.4) is 0 Å². The average Bonchev–Trinajstić information content (AvgIpc) is 1.98. The van der Waals surface area contributed by atoms with Gasteiger partial charge in [-0.2, -0.15) is 0 Å².